The fourth-order valence-corrected chi connectivity index (χ4v) is 2.91. The maximum absolute atomic E-state index is 12.2. The fourth-order valence-electron chi connectivity index (χ4n) is 2.91. The third-order valence-corrected chi connectivity index (χ3v) is 4.51. The molecule has 2 amide bonds. The van der Waals surface area contributed by atoms with Crippen molar-refractivity contribution in [3.63, 3.8) is 0 Å². The van der Waals surface area contributed by atoms with Crippen LogP contribution >= 0.6 is 0 Å². The van der Waals surface area contributed by atoms with Crippen LogP contribution in [0.5, 0.6) is 5.75 Å². The van der Waals surface area contributed by atoms with Gasteiger partial charge in [0.15, 0.2) is 0 Å². The molecule has 2 aromatic carbocycles. The summed E-state index contributed by atoms with van der Waals surface area (Å²) < 4.78 is 5.61. The zero-order valence-electron chi connectivity index (χ0n) is 15.5. The number of nitrogens with zero attached hydrogens (tertiary/aromatic N) is 2. The SMILES string of the molecule is CN(CCOc1ccccc1)C(=O)/C=C/c1ccc(N2CCCC2=O)cc1. The van der Waals surface area contributed by atoms with E-state index in [-0.39, 0.29) is 11.8 Å². The average molecular weight is 364 g/mol. The fraction of sp³-hybridized carbons (Fsp3) is 0.273. The van der Waals surface area contributed by atoms with Gasteiger partial charge in [0.25, 0.3) is 0 Å². The Bertz CT molecular complexity index is 800. The minimum absolute atomic E-state index is 0.0783. The molecule has 0 aromatic heterocycles. The highest BCUT2D eigenvalue weighted by molar-refractivity contribution is 5.95. The molecule has 1 fully saturated rings. The molecule has 0 spiro atoms. The molecule has 0 atom stereocenters. The van der Waals surface area contributed by atoms with Crippen molar-refractivity contribution in [3.8, 4) is 5.75 Å². The van der Waals surface area contributed by atoms with Gasteiger partial charge in [-0.15, -0.1) is 0 Å². The van der Waals surface area contributed by atoms with Gasteiger partial charge >= 0.3 is 0 Å². The van der Waals surface area contributed by atoms with Gasteiger partial charge in [-0.25, -0.2) is 0 Å². The predicted molar refractivity (Wildman–Crippen MR) is 107 cm³/mol. The smallest absolute Gasteiger partial charge is 0.246 e. The van der Waals surface area contributed by atoms with Crippen molar-refractivity contribution >= 4 is 23.6 Å². The lowest BCUT2D eigenvalue weighted by molar-refractivity contribution is -0.125. The number of para-hydroxylation sites is 1. The normalized spacial score (nSPS) is 14.0. The van der Waals surface area contributed by atoms with E-state index in [1.165, 1.54) is 0 Å². The van der Waals surface area contributed by atoms with Gasteiger partial charge in [-0.1, -0.05) is 30.3 Å². The second kappa shape index (κ2) is 9.03. The molecule has 1 saturated heterocycles. The Morgan fingerprint density at radius 3 is 2.56 bits per heavy atom. The van der Waals surface area contributed by atoms with E-state index in [1.54, 1.807) is 29.0 Å². The first-order chi connectivity index (χ1) is 13.1. The lowest BCUT2D eigenvalue weighted by atomic mass is 10.2. The Balaban J connectivity index is 1.47. The van der Waals surface area contributed by atoms with Gasteiger partial charge in [0.1, 0.15) is 12.4 Å². The first-order valence-corrected chi connectivity index (χ1v) is 9.15. The van der Waals surface area contributed by atoms with Gasteiger partial charge in [0.05, 0.1) is 6.54 Å². The van der Waals surface area contributed by atoms with Crippen molar-refractivity contribution in [2.24, 2.45) is 0 Å². The highest BCUT2D eigenvalue weighted by Crippen LogP contribution is 2.21. The van der Waals surface area contributed by atoms with Crippen LogP contribution < -0.4 is 9.64 Å². The van der Waals surface area contributed by atoms with Gasteiger partial charge in [-0.05, 0) is 42.3 Å². The largest absolute Gasteiger partial charge is 0.492 e. The Morgan fingerprint density at radius 2 is 1.89 bits per heavy atom. The standard InChI is InChI=1S/C22H24N2O3/c1-23(16-17-27-20-6-3-2-4-7-20)21(25)14-11-18-9-12-19(13-10-18)24-15-5-8-22(24)26/h2-4,6-7,9-14H,5,8,15-17H2,1H3/b14-11+. The molecule has 2 aromatic rings. The highest BCUT2D eigenvalue weighted by atomic mass is 16.5. The van der Waals surface area contributed by atoms with Crippen LogP contribution in [0.15, 0.2) is 60.7 Å². The van der Waals surface area contributed by atoms with Crippen molar-refractivity contribution in [1.29, 1.82) is 0 Å². The number of amides is 2. The average Bonchev–Trinajstić information content (AvgIpc) is 3.13. The number of likely N-dealkylation sites (N-methyl/N-ethyl adjacent to an activating group) is 1. The Kier molecular flexibility index (Phi) is 6.26. The molecule has 5 nitrogen and oxygen atoms in total. The molecule has 1 heterocycles. The van der Waals surface area contributed by atoms with Gasteiger partial charge < -0.3 is 14.5 Å². The molecule has 140 valence electrons. The van der Waals surface area contributed by atoms with Crippen LogP contribution in [-0.4, -0.2) is 43.5 Å². The summed E-state index contributed by atoms with van der Waals surface area (Å²) in [7, 11) is 1.75. The van der Waals surface area contributed by atoms with Gasteiger partial charge in [0, 0.05) is 31.8 Å². The van der Waals surface area contributed by atoms with Crippen molar-refractivity contribution in [1.82, 2.24) is 4.90 Å². The molecule has 0 saturated carbocycles. The number of benzene rings is 2. The number of hydrogen-bond donors (Lipinski definition) is 0. The zero-order chi connectivity index (χ0) is 19.1. The summed E-state index contributed by atoms with van der Waals surface area (Å²) in [6.07, 6.45) is 4.87. The van der Waals surface area contributed by atoms with Crippen LogP contribution in [0.25, 0.3) is 6.08 Å². The second-order valence-electron chi connectivity index (χ2n) is 6.50. The molecular formula is C22H24N2O3. The number of rotatable bonds is 7. The Labute approximate surface area is 159 Å². The zero-order valence-corrected chi connectivity index (χ0v) is 15.5. The van der Waals surface area contributed by atoms with E-state index in [0.717, 1.165) is 30.0 Å². The number of ether oxygens (including phenoxy) is 1. The molecule has 1 aliphatic heterocycles. The van der Waals surface area contributed by atoms with Crippen molar-refractivity contribution in [3.05, 3.63) is 66.2 Å². The maximum atomic E-state index is 12.2. The lowest BCUT2D eigenvalue weighted by Crippen LogP contribution is -2.29. The van der Waals surface area contributed by atoms with E-state index in [2.05, 4.69) is 0 Å². The summed E-state index contributed by atoms with van der Waals surface area (Å²) in [6, 6.07) is 17.2. The van der Waals surface area contributed by atoms with Gasteiger partial charge in [-0.2, -0.15) is 0 Å². The summed E-state index contributed by atoms with van der Waals surface area (Å²) in [4.78, 5) is 27.4. The Hall–Kier alpha value is -3.08. The van der Waals surface area contributed by atoms with E-state index in [9.17, 15) is 9.59 Å². The topological polar surface area (TPSA) is 49.9 Å². The molecule has 0 unspecified atom stereocenters. The molecule has 0 aliphatic carbocycles. The summed E-state index contributed by atoms with van der Waals surface area (Å²) in [5, 5.41) is 0. The van der Waals surface area contributed by atoms with Crippen molar-refractivity contribution in [2.45, 2.75) is 12.8 Å². The summed E-state index contributed by atoms with van der Waals surface area (Å²) in [5.41, 5.74) is 1.84. The molecule has 27 heavy (non-hydrogen) atoms. The first-order valence-electron chi connectivity index (χ1n) is 9.15. The molecule has 0 bridgehead atoms. The van der Waals surface area contributed by atoms with Crippen LogP contribution in [0, 0.1) is 0 Å². The number of carbonyl (C=O) groups excluding carboxylic acids is 2. The van der Waals surface area contributed by atoms with Crippen LogP contribution in [0.3, 0.4) is 0 Å². The lowest BCUT2D eigenvalue weighted by Gasteiger charge is -2.16. The molecule has 0 radical (unpaired) electrons. The molecule has 1 aliphatic rings. The minimum Gasteiger partial charge on any atom is -0.492 e. The minimum atomic E-state index is -0.0783. The second-order valence-corrected chi connectivity index (χ2v) is 6.50. The summed E-state index contributed by atoms with van der Waals surface area (Å²) >= 11 is 0. The van der Waals surface area contributed by atoms with E-state index >= 15 is 0 Å². The third kappa shape index (κ3) is 5.20. The van der Waals surface area contributed by atoms with Crippen molar-refractivity contribution in [2.75, 3.05) is 31.6 Å². The van der Waals surface area contributed by atoms with Crippen LogP contribution in [0.4, 0.5) is 5.69 Å². The molecule has 0 N–H and O–H groups in total. The van der Waals surface area contributed by atoms with Crippen molar-refractivity contribution < 1.29 is 14.3 Å². The quantitative estimate of drug-likeness (QED) is 0.708. The molecule has 5 heteroatoms. The molecular weight excluding hydrogens is 340 g/mol. The van der Waals surface area contributed by atoms with Crippen LogP contribution in [-0.2, 0) is 9.59 Å². The highest BCUT2D eigenvalue weighted by Gasteiger charge is 2.21. The van der Waals surface area contributed by atoms with Gasteiger partial charge in [0.2, 0.25) is 11.8 Å². The van der Waals surface area contributed by atoms with E-state index in [0.29, 0.717) is 19.6 Å². The predicted octanol–water partition coefficient (Wildman–Crippen LogP) is 3.36. The first kappa shape index (κ1) is 18.7. The number of anilines is 1. The van der Waals surface area contributed by atoms with E-state index < -0.39 is 0 Å². The molecule has 3 rings (SSSR count). The third-order valence-electron chi connectivity index (χ3n) is 4.51. The summed E-state index contributed by atoms with van der Waals surface area (Å²) in [5.74, 6) is 0.892. The number of hydrogen-bond acceptors (Lipinski definition) is 3. The summed E-state index contributed by atoms with van der Waals surface area (Å²) in [6.45, 7) is 1.73. The van der Waals surface area contributed by atoms with E-state index in [1.807, 2.05) is 54.6 Å². The monoisotopic (exact) mass is 364 g/mol. The van der Waals surface area contributed by atoms with Crippen LogP contribution in [0.1, 0.15) is 18.4 Å². The maximum Gasteiger partial charge on any atom is 0.246 e. The van der Waals surface area contributed by atoms with Gasteiger partial charge in [-0.3, -0.25) is 9.59 Å². The Morgan fingerprint density at radius 1 is 1.15 bits per heavy atom. The van der Waals surface area contributed by atoms with E-state index in [4.69, 9.17) is 4.74 Å². The number of carbonyl (C=O) groups is 2. The van der Waals surface area contributed by atoms with Crippen LogP contribution in [0.2, 0.25) is 0 Å².